The molecule has 2 aromatic heterocycles. The second-order valence-electron chi connectivity index (χ2n) is 4.78. The molecular weight excluding hydrogens is 256 g/mol. The molecule has 0 fully saturated rings. The summed E-state index contributed by atoms with van der Waals surface area (Å²) in [6.45, 7) is 4.83. The predicted octanol–water partition coefficient (Wildman–Crippen LogP) is 1.23. The van der Waals surface area contributed by atoms with Crippen molar-refractivity contribution in [1.82, 2.24) is 14.4 Å². The second-order valence-corrected chi connectivity index (χ2v) is 4.78. The Hall–Kier alpha value is -2.31. The van der Waals surface area contributed by atoms with E-state index in [0.29, 0.717) is 5.82 Å². The number of hydrogen-bond donors (Lipinski definition) is 3. The molecule has 7 heteroatoms. The van der Waals surface area contributed by atoms with Gasteiger partial charge in [0.25, 0.3) is 0 Å². The van der Waals surface area contributed by atoms with Crippen molar-refractivity contribution in [2.24, 2.45) is 5.73 Å². The number of nitrogens with zero attached hydrogens (tertiary/aromatic N) is 3. The molecule has 0 aliphatic rings. The van der Waals surface area contributed by atoms with E-state index >= 15 is 0 Å². The number of hydrogen-bond acceptors (Lipinski definition) is 5. The van der Waals surface area contributed by atoms with Gasteiger partial charge in [-0.3, -0.25) is 4.79 Å². The van der Waals surface area contributed by atoms with Crippen LogP contribution in [0.3, 0.4) is 0 Å². The first-order valence-electron chi connectivity index (χ1n) is 6.72. The molecule has 1 atom stereocenters. The Kier molecular flexibility index (Phi) is 4.39. The number of nitrogens with one attached hydrogen (secondary N) is 2. The van der Waals surface area contributed by atoms with Gasteiger partial charge in [-0.15, -0.1) is 0 Å². The number of imidazole rings is 1. The van der Waals surface area contributed by atoms with Crippen LogP contribution in [0.5, 0.6) is 0 Å². The van der Waals surface area contributed by atoms with E-state index in [1.807, 2.05) is 23.7 Å². The fraction of sp³-hybridized carbons (Fsp3) is 0.462. The highest BCUT2D eigenvalue weighted by atomic mass is 16.1. The zero-order valence-electron chi connectivity index (χ0n) is 11.8. The monoisotopic (exact) mass is 276 g/mol. The van der Waals surface area contributed by atoms with Gasteiger partial charge in [0.15, 0.2) is 11.5 Å². The highest BCUT2D eigenvalue weighted by Gasteiger charge is 2.11. The van der Waals surface area contributed by atoms with Crippen LogP contribution in [-0.2, 0) is 4.79 Å². The van der Waals surface area contributed by atoms with Crippen LogP contribution in [0.1, 0.15) is 26.7 Å². The number of rotatable bonds is 7. The Morgan fingerprint density at radius 1 is 1.55 bits per heavy atom. The molecule has 0 spiro atoms. The van der Waals surface area contributed by atoms with Crippen molar-refractivity contribution in [2.75, 3.05) is 17.2 Å². The standard InChI is InChI=1S/C13H20N6O/c1-3-4-15-11-8-19-6-5-16-13(19)12(18-11)17-9(2)7-10(14)20/h5-6,8-9,15H,3-4,7H2,1-2H3,(H2,14,20)(H,17,18). The zero-order chi connectivity index (χ0) is 14.5. The molecule has 0 aliphatic heterocycles. The fourth-order valence-corrected chi connectivity index (χ4v) is 1.95. The fourth-order valence-electron chi connectivity index (χ4n) is 1.95. The Bertz CT molecular complexity index is 594. The molecule has 0 aliphatic carbocycles. The lowest BCUT2D eigenvalue weighted by atomic mass is 10.2. The van der Waals surface area contributed by atoms with Gasteiger partial charge < -0.3 is 20.8 Å². The van der Waals surface area contributed by atoms with E-state index in [1.165, 1.54) is 0 Å². The van der Waals surface area contributed by atoms with E-state index in [1.54, 1.807) is 6.20 Å². The molecule has 4 N–H and O–H groups in total. The van der Waals surface area contributed by atoms with Crippen LogP contribution >= 0.6 is 0 Å². The van der Waals surface area contributed by atoms with E-state index in [-0.39, 0.29) is 18.4 Å². The molecule has 1 unspecified atom stereocenters. The summed E-state index contributed by atoms with van der Waals surface area (Å²) in [6.07, 6.45) is 6.73. The molecule has 2 heterocycles. The molecule has 0 aromatic carbocycles. The van der Waals surface area contributed by atoms with E-state index in [2.05, 4.69) is 27.5 Å². The van der Waals surface area contributed by atoms with Crippen molar-refractivity contribution in [2.45, 2.75) is 32.7 Å². The number of carbonyl (C=O) groups excluding carboxylic acids is 1. The first-order valence-corrected chi connectivity index (χ1v) is 6.72. The zero-order valence-corrected chi connectivity index (χ0v) is 11.8. The van der Waals surface area contributed by atoms with Crippen LogP contribution in [0.25, 0.3) is 5.65 Å². The Balaban J connectivity index is 2.25. The molecule has 108 valence electrons. The lowest BCUT2D eigenvalue weighted by Crippen LogP contribution is -2.25. The third-order valence-electron chi connectivity index (χ3n) is 2.82. The van der Waals surface area contributed by atoms with Gasteiger partial charge in [0.2, 0.25) is 5.91 Å². The molecule has 7 nitrogen and oxygen atoms in total. The minimum Gasteiger partial charge on any atom is -0.370 e. The second kappa shape index (κ2) is 6.23. The van der Waals surface area contributed by atoms with Gasteiger partial charge in [-0.2, -0.15) is 0 Å². The average molecular weight is 276 g/mol. The maximum absolute atomic E-state index is 11.0. The van der Waals surface area contributed by atoms with Crippen molar-refractivity contribution in [3.8, 4) is 0 Å². The van der Waals surface area contributed by atoms with Gasteiger partial charge in [-0.05, 0) is 13.3 Å². The highest BCUT2D eigenvalue weighted by molar-refractivity contribution is 5.75. The number of amides is 1. The number of carbonyl (C=O) groups is 1. The van der Waals surface area contributed by atoms with Crippen LogP contribution in [0.15, 0.2) is 18.6 Å². The molecule has 0 saturated carbocycles. The third-order valence-corrected chi connectivity index (χ3v) is 2.82. The van der Waals surface area contributed by atoms with Gasteiger partial charge in [0.05, 0.1) is 6.20 Å². The first kappa shape index (κ1) is 14.1. The summed E-state index contributed by atoms with van der Waals surface area (Å²) < 4.78 is 1.89. The summed E-state index contributed by atoms with van der Waals surface area (Å²) in [5, 5.41) is 6.42. The number of fused-ring (bicyclic) bond motifs is 1. The summed E-state index contributed by atoms with van der Waals surface area (Å²) in [7, 11) is 0. The Morgan fingerprint density at radius 2 is 2.35 bits per heavy atom. The number of nitrogens with two attached hydrogens (primary N) is 1. The Morgan fingerprint density at radius 3 is 3.05 bits per heavy atom. The third kappa shape index (κ3) is 3.37. The van der Waals surface area contributed by atoms with Crippen LogP contribution in [0.4, 0.5) is 11.6 Å². The van der Waals surface area contributed by atoms with Crippen LogP contribution in [-0.4, -0.2) is 32.9 Å². The number of primary amides is 1. The van der Waals surface area contributed by atoms with Gasteiger partial charge in [0.1, 0.15) is 5.82 Å². The Labute approximate surface area is 117 Å². The lowest BCUT2D eigenvalue weighted by molar-refractivity contribution is -0.118. The maximum atomic E-state index is 11.0. The smallest absolute Gasteiger partial charge is 0.219 e. The van der Waals surface area contributed by atoms with Crippen molar-refractivity contribution in [1.29, 1.82) is 0 Å². The molecule has 2 rings (SSSR count). The lowest BCUT2D eigenvalue weighted by Gasteiger charge is -2.15. The van der Waals surface area contributed by atoms with Gasteiger partial charge >= 0.3 is 0 Å². The predicted molar refractivity (Wildman–Crippen MR) is 78.7 cm³/mol. The molecule has 2 aromatic rings. The topological polar surface area (TPSA) is 97.3 Å². The van der Waals surface area contributed by atoms with Gasteiger partial charge in [-0.25, -0.2) is 9.97 Å². The normalized spacial score (nSPS) is 12.3. The van der Waals surface area contributed by atoms with Crippen LogP contribution in [0.2, 0.25) is 0 Å². The maximum Gasteiger partial charge on any atom is 0.219 e. The molecule has 0 saturated heterocycles. The molecule has 1 amide bonds. The van der Waals surface area contributed by atoms with E-state index < -0.39 is 0 Å². The summed E-state index contributed by atoms with van der Waals surface area (Å²) in [5.41, 5.74) is 5.93. The molecule has 20 heavy (non-hydrogen) atoms. The summed E-state index contributed by atoms with van der Waals surface area (Å²) in [5.74, 6) is 1.07. The molecular formula is C13H20N6O. The number of anilines is 2. The van der Waals surface area contributed by atoms with Crippen molar-refractivity contribution < 1.29 is 4.79 Å². The highest BCUT2D eigenvalue weighted by Crippen LogP contribution is 2.17. The molecule has 0 bridgehead atoms. The summed E-state index contributed by atoms with van der Waals surface area (Å²) in [6, 6.07) is -0.0954. The van der Waals surface area contributed by atoms with E-state index in [0.717, 1.165) is 24.4 Å². The van der Waals surface area contributed by atoms with Gasteiger partial charge in [-0.1, -0.05) is 6.92 Å². The van der Waals surface area contributed by atoms with Crippen LogP contribution < -0.4 is 16.4 Å². The summed E-state index contributed by atoms with van der Waals surface area (Å²) >= 11 is 0. The average Bonchev–Trinajstić information content (AvgIpc) is 2.83. The first-order chi connectivity index (χ1) is 9.60. The SMILES string of the molecule is CCCNc1cn2ccnc2c(NC(C)CC(N)=O)n1. The van der Waals surface area contributed by atoms with Crippen molar-refractivity contribution >= 4 is 23.2 Å². The minimum atomic E-state index is -0.343. The van der Waals surface area contributed by atoms with E-state index in [9.17, 15) is 4.79 Å². The molecule has 0 radical (unpaired) electrons. The van der Waals surface area contributed by atoms with Gasteiger partial charge in [0, 0.05) is 31.4 Å². The summed E-state index contributed by atoms with van der Waals surface area (Å²) in [4.78, 5) is 19.7. The quantitative estimate of drug-likeness (QED) is 0.706. The van der Waals surface area contributed by atoms with Crippen LogP contribution in [0, 0.1) is 0 Å². The largest absolute Gasteiger partial charge is 0.370 e. The number of aromatic nitrogens is 3. The van der Waals surface area contributed by atoms with E-state index in [4.69, 9.17) is 5.73 Å². The minimum absolute atomic E-state index is 0.0954. The van der Waals surface area contributed by atoms with Crippen molar-refractivity contribution in [3.05, 3.63) is 18.6 Å². The van der Waals surface area contributed by atoms with Crippen molar-refractivity contribution in [3.63, 3.8) is 0 Å².